The van der Waals surface area contributed by atoms with Crippen LogP contribution in [0.3, 0.4) is 0 Å². The topological polar surface area (TPSA) is 101 Å². The van der Waals surface area contributed by atoms with Crippen molar-refractivity contribution < 1.29 is 9.90 Å². The van der Waals surface area contributed by atoms with Crippen molar-refractivity contribution in [2.24, 2.45) is 17.6 Å². The summed E-state index contributed by atoms with van der Waals surface area (Å²) >= 11 is 0. The van der Waals surface area contributed by atoms with E-state index < -0.39 is 5.91 Å². The van der Waals surface area contributed by atoms with Gasteiger partial charge in [0.1, 0.15) is 0 Å². The minimum Gasteiger partial charge on any atom is -0.397 e. The van der Waals surface area contributed by atoms with Crippen molar-refractivity contribution in [1.29, 1.82) is 0 Å². The highest BCUT2D eigenvalue weighted by Gasteiger charge is 2.26. The first-order valence-electron chi connectivity index (χ1n) is 6.66. The van der Waals surface area contributed by atoms with Gasteiger partial charge in [0, 0.05) is 18.7 Å². The van der Waals surface area contributed by atoms with Gasteiger partial charge in [-0.25, -0.2) is 0 Å². The first kappa shape index (κ1) is 13.7. The first-order valence-corrected chi connectivity index (χ1v) is 6.66. The lowest BCUT2D eigenvalue weighted by atomic mass is 9.97. The molecule has 6 N–H and O–H groups in total. The summed E-state index contributed by atoms with van der Waals surface area (Å²) < 4.78 is 0. The number of aliphatic hydroxyl groups excluding tert-OH is 1. The van der Waals surface area contributed by atoms with Crippen molar-refractivity contribution in [2.75, 3.05) is 24.2 Å². The zero-order valence-corrected chi connectivity index (χ0v) is 10.9. The molecular formula is C14H21N3O2. The van der Waals surface area contributed by atoms with Gasteiger partial charge in [-0.15, -0.1) is 0 Å². The van der Waals surface area contributed by atoms with Gasteiger partial charge < -0.3 is 21.9 Å². The van der Waals surface area contributed by atoms with Gasteiger partial charge in [-0.1, -0.05) is 6.42 Å². The Morgan fingerprint density at radius 2 is 2.11 bits per heavy atom. The molecule has 104 valence electrons. The summed E-state index contributed by atoms with van der Waals surface area (Å²) in [6, 6.07) is 4.98. The lowest BCUT2D eigenvalue weighted by Crippen LogP contribution is -2.21. The monoisotopic (exact) mass is 263 g/mol. The van der Waals surface area contributed by atoms with Gasteiger partial charge in [0.05, 0.1) is 11.4 Å². The van der Waals surface area contributed by atoms with Gasteiger partial charge in [0.25, 0.3) is 0 Å². The Morgan fingerprint density at radius 3 is 2.79 bits per heavy atom. The average Bonchev–Trinajstić information content (AvgIpc) is 2.85. The molecule has 0 aliphatic heterocycles. The Labute approximate surface area is 113 Å². The van der Waals surface area contributed by atoms with Crippen LogP contribution in [0.4, 0.5) is 11.4 Å². The molecule has 0 aromatic heterocycles. The molecule has 1 aromatic rings. The third kappa shape index (κ3) is 3.17. The van der Waals surface area contributed by atoms with E-state index in [1.54, 1.807) is 18.2 Å². The van der Waals surface area contributed by atoms with E-state index in [9.17, 15) is 9.90 Å². The van der Waals surface area contributed by atoms with Crippen molar-refractivity contribution in [3.05, 3.63) is 23.8 Å². The van der Waals surface area contributed by atoms with Crippen molar-refractivity contribution in [3.8, 4) is 0 Å². The third-order valence-corrected chi connectivity index (χ3v) is 3.94. The standard InChI is InChI=1S/C14H21N3O2/c15-12-5-4-9(14(16)19)6-13(12)17-7-10-2-1-3-11(10)8-18/h4-6,10-11,17-18H,1-3,7-8,15H2,(H2,16,19). The molecule has 1 amide bonds. The van der Waals surface area contributed by atoms with Gasteiger partial charge in [0.2, 0.25) is 5.91 Å². The van der Waals surface area contributed by atoms with Crippen LogP contribution < -0.4 is 16.8 Å². The molecule has 1 fully saturated rings. The molecule has 0 saturated heterocycles. The van der Waals surface area contributed by atoms with E-state index >= 15 is 0 Å². The number of amides is 1. The van der Waals surface area contributed by atoms with Gasteiger partial charge in [-0.2, -0.15) is 0 Å². The molecule has 2 atom stereocenters. The van der Waals surface area contributed by atoms with E-state index in [0.717, 1.165) is 31.5 Å². The third-order valence-electron chi connectivity index (χ3n) is 3.94. The fraction of sp³-hybridized carbons (Fsp3) is 0.500. The predicted octanol–water partition coefficient (Wildman–Crippen LogP) is 1.19. The van der Waals surface area contributed by atoms with E-state index in [0.29, 0.717) is 23.1 Å². The van der Waals surface area contributed by atoms with Gasteiger partial charge in [0.15, 0.2) is 0 Å². The van der Waals surface area contributed by atoms with Gasteiger partial charge >= 0.3 is 0 Å². The fourth-order valence-electron chi connectivity index (χ4n) is 2.73. The number of aliphatic hydroxyl groups is 1. The normalized spacial score (nSPS) is 22.4. The number of anilines is 2. The second-order valence-corrected chi connectivity index (χ2v) is 5.18. The summed E-state index contributed by atoms with van der Waals surface area (Å²) in [4.78, 5) is 11.1. The molecule has 1 aliphatic carbocycles. The number of benzene rings is 1. The quantitative estimate of drug-likeness (QED) is 0.599. The Bertz CT molecular complexity index is 462. The molecule has 2 rings (SSSR count). The van der Waals surface area contributed by atoms with Crippen LogP contribution in [0.25, 0.3) is 0 Å². The van der Waals surface area contributed by atoms with E-state index in [-0.39, 0.29) is 6.61 Å². The molecule has 19 heavy (non-hydrogen) atoms. The van der Waals surface area contributed by atoms with Crippen LogP contribution in [0.15, 0.2) is 18.2 Å². The molecule has 0 radical (unpaired) electrons. The van der Waals surface area contributed by atoms with Crippen LogP contribution in [-0.4, -0.2) is 24.2 Å². The zero-order valence-electron chi connectivity index (χ0n) is 10.9. The molecule has 0 spiro atoms. The van der Waals surface area contributed by atoms with Crippen LogP contribution >= 0.6 is 0 Å². The van der Waals surface area contributed by atoms with Crippen molar-refractivity contribution in [2.45, 2.75) is 19.3 Å². The molecule has 0 heterocycles. The predicted molar refractivity (Wildman–Crippen MR) is 75.8 cm³/mol. The number of hydrogen-bond donors (Lipinski definition) is 4. The number of carbonyl (C=O) groups excluding carboxylic acids is 1. The van der Waals surface area contributed by atoms with Crippen molar-refractivity contribution in [3.63, 3.8) is 0 Å². The highest BCUT2D eigenvalue weighted by Crippen LogP contribution is 2.32. The summed E-state index contributed by atoms with van der Waals surface area (Å²) in [5.41, 5.74) is 12.9. The summed E-state index contributed by atoms with van der Waals surface area (Å²) in [7, 11) is 0. The van der Waals surface area contributed by atoms with Gasteiger partial charge in [-0.3, -0.25) is 4.79 Å². The minimum atomic E-state index is -0.461. The second-order valence-electron chi connectivity index (χ2n) is 5.18. The van der Waals surface area contributed by atoms with E-state index in [1.807, 2.05) is 0 Å². The Hall–Kier alpha value is -1.75. The lowest BCUT2D eigenvalue weighted by Gasteiger charge is -2.19. The second kappa shape index (κ2) is 5.93. The molecule has 5 heteroatoms. The minimum absolute atomic E-state index is 0.239. The van der Waals surface area contributed by atoms with Crippen LogP contribution in [0, 0.1) is 11.8 Å². The Kier molecular flexibility index (Phi) is 4.27. The molecule has 5 nitrogen and oxygen atoms in total. The number of nitrogen functional groups attached to an aromatic ring is 1. The Balaban J connectivity index is 2.02. The number of hydrogen-bond acceptors (Lipinski definition) is 4. The van der Waals surface area contributed by atoms with E-state index in [2.05, 4.69) is 5.32 Å². The smallest absolute Gasteiger partial charge is 0.248 e. The highest BCUT2D eigenvalue weighted by atomic mass is 16.3. The number of carbonyl (C=O) groups is 1. The molecular weight excluding hydrogens is 242 g/mol. The number of primary amides is 1. The maximum atomic E-state index is 11.1. The lowest BCUT2D eigenvalue weighted by molar-refractivity contribution is 0.100. The highest BCUT2D eigenvalue weighted by molar-refractivity contribution is 5.94. The Morgan fingerprint density at radius 1 is 1.37 bits per heavy atom. The average molecular weight is 263 g/mol. The van der Waals surface area contributed by atoms with Gasteiger partial charge in [-0.05, 0) is 42.9 Å². The van der Waals surface area contributed by atoms with Crippen molar-refractivity contribution in [1.82, 2.24) is 0 Å². The number of rotatable bonds is 5. The molecule has 0 bridgehead atoms. The largest absolute Gasteiger partial charge is 0.397 e. The SMILES string of the molecule is NC(=O)c1ccc(N)c(NCC2CCCC2CO)c1. The molecule has 1 aromatic carbocycles. The molecule has 1 saturated carbocycles. The summed E-state index contributed by atoms with van der Waals surface area (Å²) in [6.07, 6.45) is 3.36. The summed E-state index contributed by atoms with van der Waals surface area (Å²) in [5.74, 6) is 0.367. The zero-order chi connectivity index (χ0) is 13.8. The van der Waals surface area contributed by atoms with Crippen molar-refractivity contribution >= 4 is 17.3 Å². The van der Waals surface area contributed by atoms with Crippen LogP contribution in [0.2, 0.25) is 0 Å². The van der Waals surface area contributed by atoms with Crippen LogP contribution in [0.1, 0.15) is 29.6 Å². The maximum Gasteiger partial charge on any atom is 0.248 e. The fourth-order valence-corrected chi connectivity index (χ4v) is 2.73. The number of nitrogens with two attached hydrogens (primary N) is 2. The molecule has 2 unspecified atom stereocenters. The summed E-state index contributed by atoms with van der Waals surface area (Å²) in [6.45, 7) is 1.00. The molecule has 1 aliphatic rings. The van der Waals surface area contributed by atoms with E-state index in [1.165, 1.54) is 0 Å². The maximum absolute atomic E-state index is 11.1. The van der Waals surface area contributed by atoms with Crippen LogP contribution in [0.5, 0.6) is 0 Å². The number of nitrogens with one attached hydrogen (secondary N) is 1. The first-order chi connectivity index (χ1) is 9.11. The van der Waals surface area contributed by atoms with Crippen LogP contribution in [-0.2, 0) is 0 Å². The summed E-state index contributed by atoms with van der Waals surface area (Å²) in [5, 5.41) is 12.6. The van der Waals surface area contributed by atoms with E-state index in [4.69, 9.17) is 11.5 Å².